The van der Waals surface area contributed by atoms with Gasteiger partial charge in [-0.25, -0.2) is 8.42 Å². The highest BCUT2D eigenvalue weighted by molar-refractivity contribution is 7.92. The number of nitrogens with one attached hydrogen (secondary N) is 1. The van der Waals surface area contributed by atoms with Crippen molar-refractivity contribution in [2.24, 2.45) is 0 Å². The Balaban J connectivity index is 2.09. The Labute approximate surface area is 241 Å². The van der Waals surface area contributed by atoms with Crippen LogP contribution in [0.5, 0.6) is 0 Å². The highest BCUT2D eigenvalue weighted by atomic mass is 32.2. The molecule has 0 aromatic heterocycles. The number of carbonyl (C=O) groups excluding carboxylic acids is 2. The van der Waals surface area contributed by atoms with Crippen LogP contribution in [0.15, 0.2) is 72.8 Å². The standard InChI is InChI=1S/C30H36N4O6S/c1-5-16-31-30(36)28(18-24-11-7-6-8-12-24)32(20-25-13-9-10-22(2)17-25)29(35)21-33(41(4,39)40)27-19-26(34(37)38)15-14-23(27)3/h6-15,17,19,28H,5,16,18,20-21H2,1-4H3,(H,31,36)/t28-/m0/s1. The summed E-state index contributed by atoms with van der Waals surface area (Å²) in [6.07, 6.45) is 1.85. The molecule has 3 rings (SSSR count). The van der Waals surface area contributed by atoms with Crippen LogP contribution in [0.25, 0.3) is 0 Å². The van der Waals surface area contributed by atoms with Crippen molar-refractivity contribution in [3.63, 3.8) is 0 Å². The van der Waals surface area contributed by atoms with E-state index in [-0.39, 0.29) is 30.2 Å². The zero-order valence-electron chi connectivity index (χ0n) is 23.7. The minimum Gasteiger partial charge on any atom is -0.354 e. The van der Waals surface area contributed by atoms with Gasteiger partial charge in [0.05, 0.1) is 16.9 Å². The third kappa shape index (κ3) is 8.62. The number of sulfonamides is 1. The van der Waals surface area contributed by atoms with Crippen molar-refractivity contribution in [2.45, 2.75) is 46.2 Å². The molecule has 3 aromatic rings. The molecule has 0 aliphatic rings. The molecule has 0 fully saturated rings. The molecule has 0 saturated carbocycles. The number of benzene rings is 3. The van der Waals surface area contributed by atoms with Gasteiger partial charge < -0.3 is 10.2 Å². The first-order chi connectivity index (χ1) is 19.4. The molecule has 2 amide bonds. The summed E-state index contributed by atoms with van der Waals surface area (Å²) in [6.45, 7) is 5.29. The van der Waals surface area contributed by atoms with E-state index in [1.807, 2.05) is 68.4 Å². The molecule has 1 N–H and O–H groups in total. The number of nitro benzene ring substituents is 1. The zero-order chi connectivity index (χ0) is 30.2. The van der Waals surface area contributed by atoms with Gasteiger partial charge >= 0.3 is 0 Å². The summed E-state index contributed by atoms with van der Waals surface area (Å²) in [5, 5.41) is 14.3. The lowest BCUT2D eigenvalue weighted by molar-refractivity contribution is -0.384. The van der Waals surface area contributed by atoms with Gasteiger partial charge in [-0.1, -0.05) is 73.2 Å². The second kappa shape index (κ2) is 13.9. The van der Waals surface area contributed by atoms with Crippen molar-refractivity contribution in [3.8, 4) is 0 Å². The predicted octanol–water partition coefficient (Wildman–Crippen LogP) is 4.14. The minimum atomic E-state index is -4.05. The Morgan fingerprint density at radius 1 is 0.976 bits per heavy atom. The molecule has 3 aromatic carbocycles. The quantitative estimate of drug-likeness (QED) is 0.239. The van der Waals surface area contributed by atoms with Crippen LogP contribution in [-0.2, 0) is 32.6 Å². The van der Waals surface area contributed by atoms with E-state index in [4.69, 9.17) is 0 Å². The Bertz CT molecular complexity index is 1490. The lowest BCUT2D eigenvalue weighted by Crippen LogP contribution is -2.53. The second-order valence-corrected chi connectivity index (χ2v) is 11.9. The third-order valence-electron chi connectivity index (χ3n) is 6.61. The van der Waals surface area contributed by atoms with Crippen molar-refractivity contribution in [1.29, 1.82) is 0 Å². The van der Waals surface area contributed by atoms with Gasteiger partial charge in [0.15, 0.2) is 0 Å². The number of rotatable bonds is 13. The first kappa shape index (κ1) is 31.3. The van der Waals surface area contributed by atoms with Gasteiger partial charge in [0.1, 0.15) is 12.6 Å². The first-order valence-corrected chi connectivity index (χ1v) is 15.1. The maximum absolute atomic E-state index is 14.1. The van der Waals surface area contributed by atoms with Crippen LogP contribution in [0.1, 0.15) is 35.6 Å². The van der Waals surface area contributed by atoms with E-state index >= 15 is 0 Å². The van der Waals surface area contributed by atoms with Crippen LogP contribution in [-0.4, -0.2) is 55.4 Å². The number of hydrogen-bond acceptors (Lipinski definition) is 6. The van der Waals surface area contributed by atoms with E-state index in [9.17, 15) is 28.1 Å². The van der Waals surface area contributed by atoms with Crippen LogP contribution in [0, 0.1) is 24.0 Å². The number of nitrogens with zero attached hydrogens (tertiary/aromatic N) is 3. The summed E-state index contributed by atoms with van der Waals surface area (Å²) in [7, 11) is -4.05. The van der Waals surface area contributed by atoms with Crippen molar-refractivity contribution in [2.75, 3.05) is 23.7 Å². The van der Waals surface area contributed by atoms with Crippen LogP contribution in [0.2, 0.25) is 0 Å². The van der Waals surface area contributed by atoms with Crippen molar-refractivity contribution in [1.82, 2.24) is 10.2 Å². The minimum absolute atomic E-state index is 0.0283. The molecule has 0 aliphatic carbocycles. The number of carbonyl (C=O) groups is 2. The van der Waals surface area contributed by atoms with Crippen molar-refractivity contribution >= 4 is 33.2 Å². The number of nitro groups is 1. The fraction of sp³-hybridized carbons (Fsp3) is 0.333. The first-order valence-electron chi connectivity index (χ1n) is 13.3. The summed E-state index contributed by atoms with van der Waals surface area (Å²) < 4.78 is 26.8. The molecule has 0 spiro atoms. The molecule has 0 aliphatic heterocycles. The smallest absolute Gasteiger partial charge is 0.271 e. The van der Waals surface area contributed by atoms with E-state index in [1.165, 1.54) is 17.0 Å². The van der Waals surface area contributed by atoms with Crippen LogP contribution in [0.3, 0.4) is 0 Å². The highest BCUT2D eigenvalue weighted by Crippen LogP contribution is 2.28. The van der Waals surface area contributed by atoms with Gasteiger partial charge in [-0.3, -0.25) is 24.0 Å². The van der Waals surface area contributed by atoms with Gasteiger partial charge in [0.25, 0.3) is 5.69 Å². The maximum Gasteiger partial charge on any atom is 0.271 e. The Hall–Kier alpha value is -4.25. The van der Waals surface area contributed by atoms with Gasteiger partial charge in [0.2, 0.25) is 21.8 Å². The molecule has 218 valence electrons. The predicted molar refractivity (Wildman–Crippen MR) is 159 cm³/mol. The summed E-state index contributed by atoms with van der Waals surface area (Å²) in [5.41, 5.74) is 2.75. The highest BCUT2D eigenvalue weighted by Gasteiger charge is 2.33. The van der Waals surface area contributed by atoms with Crippen LogP contribution < -0.4 is 9.62 Å². The number of amides is 2. The van der Waals surface area contributed by atoms with Crippen LogP contribution in [0.4, 0.5) is 11.4 Å². The van der Waals surface area contributed by atoms with Gasteiger partial charge in [-0.15, -0.1) is 0 Å². The zero-order valence-corrected chi connectivity index (χ0v) is 24.6. The van der Waals surface area contributed by atoms with Gasteiger partial charge in [-0.05, 0) is 37.0 Å². The van der Waals surface area contributed by atoms with E-state index in [1.54, 1.807) is 6.92 Å². The molecule has 0 saturated heterocycles. The molecule has 0 unspecified atom stereocenters. The third-order valence-corrected chi connectivity index (χ3v) is 7.73. The molecule has 11 heteroatoms. The largest absolute Gasteiger partial charge is 0.354 e. The SMILES string of the molecule is CCCNC(=O)[C@H](Cc1ccccc1)N(Cc1cccc(C)c1)C(=O)CN(c1cc([N+](=O)[O-])ccc1C)S(C)(=O)=O. The molecular formula is C30H36N4O6S. The number of anilines is 1. The monoisotopic (exact) mass is 580 g/mol. The van der Waals surface area contributed by atoms with Gasteiger partial charge in [-0.2, -0.15) is 0 Å². The molecule has 10 nitrogen and oxygen atoms in total. The van der Waals surface area contributed by atoms with E-state index in [0.717, 1.165) is 33.3 Å². The molecule has 41 heavy (non-hydrogen) atoms. The van der Waals surface area contributed by atoms with E-state index in [2.05, 4.69) is 5.32 Å². The van der Waals surface area contributed by atoms with E-state index in [0.29, 0.717) is 18.5 Å². The van der Waals surface area contributed by atoms with Crippen molar-refractivity contribution in [3.05, 3.63) is 105 Å². The topological polar surface area (TPSA) is 130 Å². The normalized spacial score (nSPS) is 11.9. The van der Waals surface area contributed by atoms with Crippen LogP contribution >= 0.6 is 0 Å². The fourth-order valence-electron chi connectivity index (χ4n) is 4.50. The molecule has 0 bridgehead atoms. The Morgan fingerprint density at radius 3 is 2.27 bits per heavy atom. The average molecular weight is 581 g/mol. The summed E-state index contributed by atoms with van der Waals surface area (Å²) in [6, 6.07) is 19.7. The summed E-state index contributed by atoms with van der Waals surface area (Å²) in [5.74, 6) is -0.968. The number of hydrogen-bond donors (Lipinski definition) is 1. The van der Waals surface area contributed by atoms with Crippen molar-refractivity contribution < 1.29 is 22.9 Å². The number of aryl methyl sites for hydroxylation is 2. The maximum atomic E-state index is 14.1. The lowest BCUT2D eigenvalue weighted by atomic mass is 10.0. The van der Waals surface area contributed by atoms with E-state index < -0.39 is 33.4 Å². The molecule has 1 atom stereocenters. The summed E-state index contributed by atoms with van der Waals surface area (Å²) in [4.78, 5) is 39.9. The Morgan fingerprint density at radius 2 is 1.66 bits per heavy atom. The van der Waals surface area contributed by atoms with Gasteiger partial charge in [0, 0.05) is 31.6 Å². The Kier molecular flexibility index (Phi) is 10.6. The molecule has 0 heterocycles. The fourth-order valence-corrected chi connectivity index (χ4v) is 5.40. The second-order valence-electron chi connectivity index (χ2n) is 10.0. The summed E-state index contributed by atoms with van der Waals surface area (Å²) >= 11 is 0. The lowest BCUT2D eigenvalue weighted by Gasteiger charge is -2.33. The molecular weight excluding hydrogens is 544 g/mol. The average Bonchev–Trinajstić information content (AvgIpc) is 2.92. The molecule has 0 radical (unpaired) electrons. The number of non-ortho nitro benzene ring substituents is 1.